The molecule has 0 saturated carbocycles. The normalized spacial score (nSPS) is 35.8. The molecule has 2 heterocycles. The van der Waals surface area contributed by atoms with Gasteiger partial charge in [-0.2, -0.15) is 0 Å². The highest BCUT2D eigenvalue weighted by atomic mass is 31.1. The number of ether oxygens (including phenoxy) is 1. The summed E-state index contributed by atoms with van der Waals surface area (Å²) in [6, 6.07) is 0. The van der Waals surface area contributed by atoms with Crippen molar-refractivity contribution in [2.75, 3.05) is 6.61 Å². The first-order chi connectivity index (χ1) is 9.02. The van der Waals surface area contributed by atoms with E-state index in [1.54, 1.807) is 13.0 Å². The van der Waals surface area contributed by atoms with E-state index in [1.165, 1.54) is 0 Å². The van der Waals surface area contributed by atoms with Crippen LogP contribution in [-0.2, 0) is 18.8 Å². The van der Waals surface area contributed by atoms with Crippen LogP contribution in [0.5, 0.6) is 0 Å². The monoisotopic (exact) mass is 289 g/mol. The number of carbonyl (C=O) groups is 2. The van der Waals surface area contributed by atoms with Crippen LogP contribution >= 0.6 is 9.03 Å². The fourth-order valence-corrected chi connectivity index (χ4v) is 2.49. The highest BCUT2D eigenvalue weighted by Gasteiger charge is 2.42. The summed E-state index contributed by atoms with van der Waals surface area (Å²) < 4.78 is 10.4. The number of hydrogen-bond donors (Lipinski definition) is 3. The molecule has 0 spiro atoms. The van der Waals surface area contributed by atoms with Crippen molar-refractivity contribution in [3.05, 3.63) is 11.6 Å². The summed E-state index contributed by atoms with van der Waals surface area (Å²) in [5, 5.41) is 12.1. The van der Waals surface area contributed by atoms with Gasteiger partial charge in [0.15, 0.2) is 9.03 Å². The molecular weight excluding hydrogens is 273 g/mol. The molecule has 0 aromatic carbocycles. The van der Waals surface area contributed by atoms with Crippen LogP contribution in [0.15, 0.2) is 11.6 Å². The van der Waals surface area contributed by atoms with Crippen molar-refractivity contribution in [2.45, 2.75) is 31.7 Å². The van der Waals surface area contributed by atoms with Crippen molar-refractivity contribution in [1.29, 1.82) is 0 Å². The molecule has 2 aliphatic heterocycles. The van der Waals surface area contributed by atoms with Crippen LogP contribution in [-0.4, -0.2) is 46.7 Å². The van der Waals surface area contributed by atoms with Gasteiger partial charge in [0.05, 0.1) is 24.7 Å². The smallest absolute Gasteiger partial charge is 0.253 e. The van der Waals surface area contributed by atoms with Gasteiger partial charge in [0, 0.05) is 12.0 Å². The average Bonchev–Trinajstić information content (AvgIpc) is 2.72. The Balaban J connectivity index is 2.03. The molecule has 0 bridgehead atoms. The molecule has 5 atom stereocenters. The predicted octanol–water partition coefficient (Wildman–Crippen LogP) is -0.759. The van der Waals surface area contributed by atoms with Crippen LogP contribution in [0.3, 0.4) is 0 Å². The molecule has 3 unspecified atom stereocenters. The number of nitrogens with one attached hydrogen (secondary N) is 1. The van der Waals surface area contributed by atoms with Crippen LogP contribution in [0.2, 0.25) is 0 Å². The topological polar surface area (TPSA) is 105 Å². The van der Waals surface area contributed by atoms with Gasteiger partial charge in [0.25, 0.3) is 5.91 Å². The summed E-state index contributed by atoms with van der Waals surface area (Å²) in [6.07, 6.45) is 0.0479. The molecule has 8 heteroatoms. The zero-order valence-corrected chi connectivity index (χ0v) is 11.3. The van der Waals surface area contributed by atoms with Gasteiger partial charge in [-0.3, -0.25) is 14.9 Å². The molecular formula is C11H16NO6P. The number of aliphatic hydroxyl groups excluding tert-OH is 1. The Morgan fingerprint density at radius 2 is 2.32 bits per heavy atom. The lowest BCUT2D eigenvalue weighted by atomic mass is 9.93. The van der Waals surface area contributed by atoms with Crippen molar-refractivity contribution >= 4 is 20.8 Å². The summed E-state index contributed by atoms with van der Waals surface area (Å²) in [4.78, 5) is 31.6. The largest absolute Gasteiger partial charge is 0.390 e. The van der Waals surface area contributed by atoms with Crippen LogP contribution in [0.25, 0.3) is 0 Å². The highest BCUT2D eigenvalue weighted by Crippen LogP contribution is 2.30. The molecule has 2 rings (SSSR count). The maximum absolute atomic E-state index is 11.8. The third-order valence-corrected chi connectivity index (χ3v) is 3.59. The lowest BCUT2D eigenvalue weighted by Crippen LogP contribution is -2.44. The summed E-state index contributed by atoms with van der Waals surface area (Å²) in [5.74, 6) is -1.41. The molecule has 1 fully saturated rings. The van der Waals surface area contributed by atoms with Crippen molar-refractivity contribution in [3.8, 4) is 0 Å². The second-order valence-electron chi connectivity index (χ2n) is 4.61. The highest BCUT2D eigenvalue weighted by molar-refractivity contribution is 7.24. The van der Waals surface area contributed by atoms with E-state index in [-0.39, 0.29) is 6.61 Å². The Labute approximate surface area is 111 Å². The van der Waals surface area contributed by atoms with Crippen molar-refractivity contribution in [3.63, 3.8) is 0 Å². The van der Waals surface area contributed by atoms with Gasteiger partial charge in [-0.25, -0.2) is 0 Å². The zero-order chi connectivity index (χ0) is 14.0. The van der Waals surface area contributed by atoms with E-state index in [2.05, 4.69) is 5.32 Å². The number of amides is 2. The summed E-state index contributed by atoms with van der Waals surface area (Å²) in [7, 11) is -0.667. The third kappa shape index (κ3) is 3.19. The number of rotatable bonds is 4. The Morgan fingerprint density at radius 3 is 3.00 bits per heavy atom. The van der Waals surface area contributed by atoms with Gasteiger partial charge in [0.2, 0.25) is 5.91 Å². The van der Waals surface area contributed by atoms with Crippen LogP contribution < -0.4 is 5.32 Å². The van der Waals surface area contributed by atoms with Crippen LogP contribution in [0, 0.1) is 5.92 Å². The molecule has 0 aromatic rings. The predicted molar refractivity (Wildman–Crippen MR) is 66.2 cm³/mol. The number of carbonyl (C=O) groups excluding carboxylic acids is 2. The maximum Gasteiger partial charge on any atom is 0.253 e. The number of hydrogen-bond acceptors (Lipinski definition) is 6. The summed E-state index contributed by atoms with van der Waals surface area (Å²) in [5.41, 5.74) is 0.458. The van der Waals surface area contributed by atoms with Gasteiger partial charge >= 0.3 is 0 Å². The Bertz CT molecular complexity index is 412. The Kier molecular flexibility index (Phi) is 4.65. The van der Waals surface area contributed by atoms with Crippen LogP contribution in [0.1, 0.15) is 13.3 Å². The van der Waals surface area contributed by atoms with E-state index < -0.39 is 45.1 Å². The van der Waals surface area contributed by atoms with E-state index in [0.29, 0.717) is 12.0 Å². The molecule has 3 N–H and O–H groups in total. The Hall–Kier alpha value is -0.850. The van der Waals surface area contributed by atoms with Crippen molar-refractivity contribution < 1.29 is 28.8 Å². The minimum atomic E-state index is -0.750. The molecule has 106 valence electrons. The van der Waals surface area contributed by atoms with E-state index in [0.717, 1.165) is 0 Å². The second kappa shape index (κ2) is 6.07. The molecule has 2 amide bonds. The lowest BCUT2D eigenvalue weighted by molar-refractivity contribution is -0.134. The summed E-state index contributed by atoms with van der Waals surface area (Å²) >= 11 is 0. The summed E-state index contributed by atoms with van der Waals surface area (Å²) in [6.45, 7) is 1.69. The Morgan fingerprint density at radius 1 is 1.58 bits per heavy atom. The van der Waals surface area contributed by atoms with Gasteiger partial charge < -0.3 is 19.3 Å². The molecule has 1 saturated heterocycles. The first-order valence-electron chi connectivity index (χ1n) is 5.91. The van der Waals surface area contributed by atoms with Gasteiger partial charge in [-0.15, -0.1) is 0 Å². The average molecular weight is 289 g/mol. The first kappa shape index (κ1) is 14.6. The molecule has 7 nitrogen and oxygen atoms in total. The van der Waals surface area contributed by atoms with E-state index >= 15 is 0 Å². The van der Waals surface area contributed by atoms with E-state index in [4.69, 9.17) is 14.2 Å². The lowest BCUT2D eigenvalue weighted by Gasteiger charge is -2.23. The van der Waals surface area contributed by atoms with Crippen molar-refractivity contribution in [2.24, 2.45) is 5.92 Å². The quantitative estimate of drug-likeness (QED) is 0.464. The molecule has 0 radical (unpaired) electrons. The number of aliphatic hydroxyl groups is 1. The SMILES string of the molecule is CC1=CC([C@H]2CC(O)[C@@H](COPO)O2)C(=O)NC1=O. The second-order valence-corrected chi connectivity index (χ2v) is 5.08. The minimum absolute atomic E-state index is 0.0720. The van der Waals surface area contributed by atoms with Crippen LogP contribution in [0.4, 0.5) is 0 Å². The minimum Gasteiger partial charge on any atom is -0.390 e. The molecule has 19 heavy (non-hydrogen) atoms. The standard InChI is InChI=1S/C11H16NO6P/c1-5-2-6(11(15)12-10(5)14)8-3-7(13)9(18-8)4-17-19-16/h2,6-9,13,16,19H,3-4H2,1H3,(H,12,14,15)/t6?,7?,8-,9-/m1/s1. The first-order valence-corrected chi connectivity index (χ1v) is 6.76. The van der Waals surface area contributed by atoms with E-state index in [9.17, 15) is 14.7 Å². The van der Waals surface area contributed by atoms with Gasteiger partial charge in [0.1, 0.15) is 6.10 Å². The fourth-order valence-electron chi connectivity index (χ4n) is 2.25. The molecule has 2 aliphatic rings. The number of imide groups is 1. The molecule has 0 aromatic heterocycles. The molecule has 0 aliphatic carbocycles. The van der Waals surface area contributed by atoms with Gasteiger partial charge in [-0.1, -0.05) is 6.08 Å². The van der Waals surface area contributed by atoms with E-state index in [1.807, 2.05) is 0 Å². The third-order valence-electron chi connectivity index (χ3n) is 3.29. The maximum atomic E-state index is 11.8. The zero-order valence-electron chi connectivity index (χ0n) is 10.3. The fraction of sp³-hybridized carbons (Fsp3) is 0.636. The van der Waals surface area contributed by atoms with Gasteiger partial charge in [-0.05, 0) is 6.92 Å². The van der Waals surface area contributed by atoms with Crippen molar-refractivity contribution in [1.82, 2.24) is 5.32 Å².